The number of allylic oxidation sites excluding steroid dienone is 2. The first-order valence-electron chi connectivity index (χ1n) is 7.71. The first-order valence-corrected chi connectivity index (χ1v) is 8.09. The average molecular weight is 345 g/mol. The van der Waals surface area contributed by atoms with Crippen LogP contribution in [-0.4, -0.2) is 4.92 Å². The molecule has 1 N–H and O–H groups in total. The Morgan fingerprint density at radius 2 is 2.12 bits per heavy atom. The maximum atomic E-state index is 13.6. The number of rotatable bonds is 2. The second kappa shape index (κ2) is 5.60. The normalized spacial score (nSPS) is 24.2. The number of hydrogen-bond acceptors (Lipinski definition) is 3. The number of hydrogen-bond donors (Lipinski definition) is 1. The Hall–Kier alpha value is -2.40. The van der Waals surface area contributed by atoms with Gasteiger partial charge in [-0.05, 0) is 35.6 Å². The molecule has 6 heteroatoms. The summed E-state index contributed by atoms with van der Waals surface area (Å²) in [5.41, 5.74) is 2.38. The highest BCUT2D eigenvalue weighted by Gasteiger charge is 2.39. The summed E-state index contributed by atoms with van der Waals surface area (Å²) in [5.74, 6) is -0.0679. The van der Waals surface area contributed by atoms with Crippen LogP contribution in [0.3, 0.4) is 0 Å². The summed E-state index contributed by atoms with van der Waals surface area (Å²) in [6.45, 7) is 0. The molecule has 4 rings (SSSR count). The van der Waals surface area contributed by atoms with E-state index in [0.717, 1.165) is 17.5 Å². The Kier molecular flexibility index (Phi) is 3.53. The van der Waals surface area contributed by atoms with Gasteiger partial charge in [0.1, 0.15) is 5.82 Å². The molecule has 122 valence electrons. The molecule has 3 atom stereocenters. The van der Waals surface area contributed by atoms with Crippen molar-refractivity contribution in [1.82, 2.24) is 0 Å². The van der Waals surface area contributed by atoms with E-state index >= 15 is 0 Å². The van der Waals surface area contributed by atoms with E-state index in [4.69, 9.17) is 11.6 Å². The maximum Gasteiger partial charge on any atom is 0.271 e. The molecule has 0 amide bonds. The fraction of sp³-hybridized carbons (Fsp3) is 0.222. The van der Waals surface area contributed by atoms with Gasteiger partial charge in [0.15, 0.2) is 0 Å². The zero-order chi connectivity index (χ0) is 16.8. The molecule has 0 aromatic heterocycles. The highest BCUT2D eigenvalue weighted by molar-refractivity contribution is 6.33. The lowest BCUT2D eigenvalue weighted by molar-refractivity contribution is -0.384. The number of anilines is 1. The third kappa shape index (κ3) is 2.36. The van der Waals surface area contributed by atoms with Crippen LogP contribution in [0.25, 0.3) is 0 Å². The number of fused-ring (bicyclic) bond motifs is 3. The van der Waals surface area contributed by atoms with Gasteiger partial charge in [-0.15, -0.1) is 0 Å². The monoisotopic (exact) mass is 344 g/mol. The van der Waals surface area contributed by atoms with E-state index in [9.17, 15) is 14.5 Å². The van der Waals surface area contributed by atoms with E-state index in [1.807, 2.05) is 6.07 Å². The summed E-state index contributed by atoms with van der Waals surface area (Å²) in [6, 6.07) is 9.38. The molecule has 2 aromatic carbocycles. The van der Waals surface area contributed by atoms with Crippen LogP contribution in [0.1, 0.15) is 29.5 Å². The molecule has 0 bridgehead atoms. The Morgan fingerprint density at radius 1 is 1.29 bits per heavy atom. The van der Waals surface area contributed by atoms with Gasteiger partial charge in [0.25, 0.3) is 5.69 Å². The number of nitro benzene ring substituents is 1. The molecule has 0 fully saturated rings. The molecular weight excluding hydrogens is 331 g/mol. The molecule has 0 saturated carbocycles. The standard InChI is InChI=1S/C18H14ClFN2O2/c19-16-9-12(22(23)24)8-15-13-5-2-6-14(13)17(21-18(15)16)10-3-1-4-11(20)7-10/h1-5,7-9,13-14,17,21H,6H2/t13-,14-,17+/m1/s1. The van der Waals surface area contributed by atoms with Crippen LogP contribution >= 0.6 is 11.6 Å². The minimum absolute atomic E-state index is 0.0104. The summed E-state index contributed by atoms with van der Waals surface area (Å²) in [4.78, 5) is 10.7. The van der Waals surface area contributed by atoms with Crippen LogP contribution in [0.2, 0.25) is 5.02 Å². The van der Waals surface area contributed by atoms with Gasteiger partial charge >= 0.3 is 0 Å². The van der Waals surface area contributed by atoms with Crippen molar-refractivity contribution >= 4 is 23.0 Å². The van der Waals surface area contributed by atoms with Crippen molar-refractivity contribution in [2.24, 2.45) is 5.92 Å². The van der Waals surface area contributed by atoms with Gasteiger partial charge in [-0.25, -0.2) is 4.39 Å². The molecule has 2 aromatic rings. The van der Waals surface area contributed by atoms with Crippen LogP contribution in [0.4, 0.5) is 15.8 Å². The highest BCUT2D eigenvalue weighted by Crippen LogP contribution is 2.52. The van der Waals surface area contributed by atoms with Crippen LogP contribution in [-0.2, 0) is 0 Å². The first kappa shape index (κ1) is 15.1. The fourth-order valence-electron chi connectivity index (χ4n) is 3.78. The molecule has 0 unspecified atom stereocenters. The topological polar surface area (TPSA) is 55.2 Å². The smallest absolute Gasteiger partial charge is 0.271 e. The minimum atomic E-state index is -0.432. The quantitative estimate of drug-likeness (QED) is 0.462. The van der Waals surface area contributed by atoms with Crippen LogP contribution in [0.5, 0.6) is 0 Å². The lowest BCUT2D eigenvalue weighted by Gasteiger charge is -2.37. The number of benzene rings is 2. The molecule has 0 saturated heterocycles. The van der Waals surface area contributed by atoms with Gasteiger partial charge in [-0.1, -0.05) is 35.9 Å². The Labute approximate surface area is 143 Å². The fourth-order valence-corrected chi connectivity index (χ4v) is 4.05. The summed E-state index contributed by atoms with van der Waals surface area (Å²) < 4.78 is 13.6. The maximum absolute atomic E-state index is 13.6. The molecule has 1 aliphatic carbocycles. The lowest BCUT2D eigenvalue weighted by atomic mass is 9.77. The van der Waals surface area contributed by atoms with E-state index in [1.54, 1.807) is 12.1 Å². The molecule has 1 heterocycles. The van der Waals surface area contributed by atoms with Gasteiger partial charge < -0.3 is 5.32 Å². The van der Waals surface area contributed by atoms with Crippen molar-refractivity contribution in [2.75, 3.05) is 5.32 Å². The van der Waals surface area contributed by atoms with Gasteiger partial charge in [-0.2, -0.15) is 0 Å². The lowest BCUT2D eigenvalue weighted by Crippen LogP contribution is -2.29. The van der Waals surface area contributed by atoms with Gasteiger partial charge in [0, 0.05) is 18.1 Å². The van der Waals surface area contributed by atoms with Gasteiger partial charge in [0.05, 0.1) is 21.7 Å². The third-order valence-corrected chi connectivity index (χ3v) is 5.12. The number of nitrogens with one attached hydrogen (secondary N) is 1. The highest BCUT2D eigenvalue weighted by atomic mass is 35.5. The van der Waals surface area contributed by atoms with E-state index in [0.29, 0.717) is 10.7 Å². The van der Waals surface area contributed by atoms with E-state index < -0.39 is 4.92 Å². The number of nitro groups is 1. The van der Waals surface area contributed by atoms with Crippen LogP contribution < -0.4 is 5.32 Å². The van der Waals surface area contributed by atoms with Crippen LogP contribution in [0, 0.1) is 21.8 Å². The Bertz CT molecular complexity index is 868. The van der Waals surface area contributed by atoms with Crippen molar-refractivity contribution in [2.45, 2.75) is 18.4 Å². The van der Waals surface area contributed by atoms with E-state index in [2.05, 4.69) is 17.5 Å². The second-order valence-electron chi connectivity index (χ2n) is 6.18. The van der Waals surface area contributed by atoms with Crippen molar-refractivity contribution in [3.8, 4) is 0 Å². The summed E-state index contributed by atoms with van der Waals surface area (Å²) in [5, 5.41) is 14.8. The largest absolute Gasteiger partial charge is 0.376 e. The molecule has 0 radical (unpaired) electrons. The van der Waals surface area contributed by atoms with Crippen molar-refractivity contribution in [3.05, 3.63) is 80.6 Å². The number of nitrogens with zero attached hydrogens (tertiary/aromatic N) is 1. The SMILES string of the molecule is O=[N+]([O-])c1cc(Cl)c2c(c1)[C@@H]1C=CC[C@H]1[C@H](c1cccc(F)c1)N2. The van der Waals surface area contributed by atoms with Gasteiger partial charge in [-0.3, -0.25) is 10.1 Å². The zero-order valence-corrected chi connectivity index (χ0v) is 13.3. The second-order valence-corrected chi connectivity index (χ2v) is 6.59. The van der Waals surface area contributed by atoms with Crippen molar-refractivity contribution in [3.63, 3.8) is 0 Å². The van der Waals surface area contributed by atoms with Gasteiger partial charge in [0.2, 0.25) is 0 Å². The predicted molar refractivity (Wildman–Crippen MR) is 90.9 cm³/mol. The zero-order valence-electron chi connectivity index (χ0n) is 12.6. The minimum Gasteiger partial charge on any atom is -0.376 e. The molecule has 1 aliphatic heterocycles. The summed E-state index contributed by atoms with van der Waals surface area (Å²) in [7, 11) is 0. The molecule has 2 aliphatic rings. The summed E-state index contributed by atoms with van der Waals surface area (Å²) >= 11 is 6.30. The third-order valence-electron chi connectivity index (χ3n) is 4.82. The average Bonchev–Trinajstić information content (AvgIpc) is 3.04. The predicted octanol–water partition coefficient (Wildman–Crippen LogP) is 5.21. The Balaban J connectivity index is 1.83. The first-order chi connectivity index (χ1) is 11.5. The van der Waals surface area contributed by atoms with Crippen LogP contribution in [0.15, 0.2) is 48.6 Å². The van der Waals surface area contributed by atoms with E-state index in [1.165, 1.54) is 18.2 Å². The Morgan fingerprint density at radius 3 is 2.88 bits per heavy atom. The molecule has 4 nitrogen and oxygen atoms in total. The number of halogens is 2. The van der Waals surface area contributed by atoms with E-state index in [-0.39, 0.29) is 29.4 Å². The van der Waals surface area contributed by atoms with Crippen molar-refractivity contribution < 1.29 is 9.31 Å². The van der Waals surface area contributed by atoms with Crippen molar-refractivity contribution in [1.29, 1.82) is 0 Å². The molecular formula is C18H14ClFN2O2. The summed E-state index contributed by atoms with van der Waals surface area (Å²) in [6.07, 6.45) is 4.97. The molecule has 24 heavy (non-hydrogen) atoms. The molecule has 0 spiro atoms. The number of non-ortho nitro benzene ring substituents is 1.